The van der Waals surface area contributed by atoms with Crippen molar-refractivity contribution < 1.29 is 27.4 Å². The molecule has 0 N–H and O–H groups in total. The van der Waals surface area contributed by atoms with Crippen molar-refractivity contribution in [3.05, 3.63) is 29.3 Å². The van der Waals surface area contributed by atoms with Gasteiger partial charge in [-0.2, -0.15) is 13.2 Å². The predicted molar refractivity (Wildman–Crippen MR) is 54.0 cm³/mol. The molecule has 0 heterocycles. The summed E-state index contributed by atoms with van der Waals surface area (Å²) in [6, 6.07) is 2.69. The predicted octanol–water partition coefficient (Wildman–Crippen LogP) is 2.89. The van der Waals surface area contributed by atoms with Gasteiger partial charge < -0.3 is 9.47 Å². The molecule has 3 nitrogen and oxygen atoms in total. The lowest BCUT2D eigenvalue weighted by Crippen LogP contribution is -2.10. The van der Waals surface area contributed by atoms with Crippen molar-refractivity contribution in [2.24, 2.45) is 0 Å². The van der Waals surface area contributed by atoms with Crippen LogP contribution in [0.5, 0.6) is 5.75 Å². The Kier molecular flexibility index (Phi) is 3.98. The number of benzene rings is 1. The van der Waals surface area contributed by atoms with Gasteiger partial charge in [-0.05, 0) is 25.1 Å². The molecule has 0 aromatic heterocycles. The lowest BCUT2D eigenvalue weighted by Gasteiger charge is -2.12. The van der Waals surface area contributed by atoms with Crippen LogP contribution in [0.25, 0.3) is 0 Å². The molecule has 0 aliphatic rings. The molecule has 17 heavy (non-hydrogen) atoms. The third kappa shape index (κ3) is 3.12. The summed E-state index contributed by atoms with van der Waals surface area (Å²) in [5, 5.41) is 0. The van der Waals surface area contributed by atoms with Gasteiger partial charge in [-0.15, -0.1) is 0 Å². The molecule has 0 unspecified atom stereocenters. The van der Waals surface area contributed by atoms with E-state index < -0.39 is 17.7 Å². The third-order valence-corrected chi connectivity index (χ3v) is 2.01. The number of carbonyl (C=O) groups is 1. The number of hydrogen-bond donors (Lipinski definition) is 0. The molecule has 0 amide bonds. The van der Waals surface area contributed by atoms with E-state index >= 15 is 0 Å². The summed E-state index contributed by atoms with van der Waals surface area (Å²) in [5.41, 5.74) is -1.15. The van der Waals surface area contributed by atoms with Crippen molar-refractivity contribution in [3.8, 4) is 5.75 Å². The van der Waals surface area contributed by atoms with E-state index in [0.717, 1.165) is 25.3 Å². The Balaban J connectivity index is 3.24. The molecule has 94 valence electrons. The maximum absolute atomic E-state index is 12.5. The third-order valence-electron chi connectivity index (χ3n) is 2.01. The first kappa shape index (κ1) is 13.3. The first-order valence-corrected chi connectivity index (χ1v) is 4.82. The zero-order valence-electron chi connectivity index (χ0n) is 9.30. The molecule has 1 aromatic rings. The molecule has 0 aliphatic heterocycles. The molecule has 0 saturated heterocycles. The fraction of sp³-hybridized carbons (Fsp3) is 0.364. The molecule has 0 aliphatic carbocycles. The number of hydrogen-bond acceptors (Lipinski definition) is 3. The quantitative estimate of drug-likeness (QED) is 0.771. The van der Waals surface area contributed by atoms with Gasteiger partial charge in [0.05, 0.1) is 19.3 Å². The molecule has 6 heteroatoms. The van der Waals surface area contributed by atoms with Crippen LogP contribution < -0.4 is 4.74 Å². The second-order valence-electron chi connectivity index (χ2n) is 3.13. The molecule has 0 spiro atoms. The fourth-order valence-corrected chi connectivity index (χ4v) is 1.26. The van der Waals surface area contributed by atoms with E-state index in [4.69, 9.17) is 4.74 Å². The number of carbonyl (C=O) groups excluding carboxylic acids is 1. The highest BCUT2D eigenvalue weighted by atomic mass is 19.4. The molecular formula is C11H11F3O3. The van der Waals surface area contributed by atoms with Gasteiger partial charge in [0.15, 0.2) is 0 Å². The maximum Gasteiger partial charge on any atom is 0.416 e. The first-order valence-electron chi connectivity index (χ1n) is 4.82. The van der Waals surface area contributed by atoms with Gasteiger partial charge in [0, 0.05) is 0 Å². The van der Waals surface area contributed by atoms with E-state index in [-0.39, 0.29) is 17.9 Å². The molecule has 0 radical (unpaired) electrons. The highest BCUT2D eigenvalue weighted by molar-refractivity contribution is 5.92. The molecule has 1 aromatic carbocycles. The highest BCUT2D eigenvalue weighted by Crippen LogP contribution is 2.32. The van der Waals surface area contributed by atoms with Gasteiger partial charge >= 0.3 is 12.1 Å². The fourth-order valence-electron chi connectivity index (χ4n) is 1.26. The minimum atomic E-state index is -4.51. The lowest BCUT2D eigenvalue weighted by molar-refractivity contribution is -0.137. The van der Waals surface area contributed by atoms with Crippen molar-refractivity contribution in [2.75, 3.05) is 13.7 Å². The summed E-state index contributed by atoms with van der Waals surface area (Å²) >= 11 is 0. The summed E-state index contributed by atoms with van der Waals surface area (Å²) in [7, 11) is 1.10. The van der Waals surface area contributed by atoms with Crippen LogP contribution >= 0.6 is 0 Å². The summed E-state index contributed by atoms with van der Waals surface area (Å²) in [5.74, 6) is -0.785. The van der Waals surface area contributed by atoms with E-state index in [1.165, 1.54) is 0 Å². The van der Waals surface area contributed by atoms with Gasteiger partial charge in [-0.3, -0.25) is 0 Å². The van der Waals surface area contributed by atoms with Gasteiger partial charge in [-0.1, -0.05) is 0 Å². The molecule has 0 bridgehead atoms. The second-order valence-corrected chi connectivity index (χ2v) is 3.13. The minimum Gasteiger partial charge on any atom is -0.493 e. The topological polar surface area (TPSA) is 35.5 Å². The Labute approximate surface area is 96.1 Å². The van der Waals surface area contributed by atoms with Crippen LogP contribution in [0.1, 0.15) is 22.8 Å². The average Bonchev–Trinajstić information content (AvgIpc) is 2.27. The summed E-state index contributed by atoms with van der Waals surface area (Å²) in [4.78, 5) is 11.3. The summed E-state index contributed by atoms with van der Waals surface area (Å²) < 4.78 is 46.8. The van der Waals surface area contributed by atoms with Crippen LogP contribution in [0.3, 0.4) is 0 Å². The van der Waals surface area contributed by atoms with E-state index in [2.05, 4.69) is 4.74 Å². The van der Waals surface area contributed by atoms with Gasteiger partial charge in [-0.25, -0.2) is 4.79 Å². The van der Waals surface area contributed by atoms with Crippen molar-refractivity contribution in [1.29, 1.82) is 0 Å². The van der Waals surface area contributed by atoms with E-state index in [0.29, 0.717) is 0 Å². The molecule has 0 fully saturated rings. The molecular weight excluding hydrogens is 237 g/mol. The first-order chi connectivity index (χ1) is 7.90. The Hall–Kier alpha value is -1.72. The van der Waals surface area contributed by atoms with E-state index in [9.17, 15) is 18.0 Å². The Bertz CT molecular complexity index is 413. The molecule has 1 rings (SSSR count). The number of esters is 1. The number of rotatable bonds is 3. The Morgan fingerprint density at radius 2 is 2.00 bits per heavy atom. The van der Waals surface area contributed by atoms with Crippen LogP contribution in [0.2, 0.25) is 0 Å². The standard InChI is InChI=1S/C11H11F3O3/c1-3-17-9-5-4-7(11(12,13)14)6-8(9)10(15)16-2/h4-6H,3H2,1-2H3. The smallest absolute Gasteiger partial charge is 0.416 e. The zero-order chi connectivity index (χ0) is 13.1. The number of alkyl halides is 3. The number of ether oxygens (including phenoxy) is 2. The number of halogens is 3. The van der Waals surface area contributed by atoms with Crippen LogP contribution in [-0.2, 0) is 10.9 Å². The monoisotopic (exact) mass is 248 g/mol. The van der Waals surface area contributed by atoms with Crippen molar-refractivity contribution >= 4 is 5.97 Å². The Morgan fingerprint density at radius 3 is 2.47 bits per heavy atom. The summed E-state index contributed by atoms with van der Waals surface area (Å²) in [6.07, 6.45) is -4.51. The van der Waals surface area contributed by atoms with Crippen molar-refractivity contribution in [1.82, 2.24) is 0 Å². The van der Waals surface area contributed by atoms with Gasteiger partial charge in [0.25, 0.3) is 0 Å². The van der Waals surface area contributed by atoms with Crippen molar-refractivity contribution in [3.63, 3.8) is 0 Å². The molecule has 0 saturated carbocycles. The molecule has 0 atom stereocenters. The zero-order valence-corrected chi connectivity index (χ0v) is 9.30. The van der Waals surface area contributed by atoms with Crippen LogP contribution in [0, 0.1) is 0 Å². The van der Waals surface area contributed by atoms with Crippen LogP contribution in [0.15, 0.2) is 18.2 Å². The lowest BCUT2D eigenvalue weighted by atomic mass is 10.1. The summed E-state index contributed by atoms with van der Waals surface area (Å²) in [6.45, 7) is 1.91. The maximum atomic E-state index is 12.5. The van der Waals surface area contributed by atoms with Gasteiger partial charge in [0.2, 0.25) is 0 Å². The minimum absolute atomic E-state index is 0.0763. The van der Waals surface area contributed by atoms with E-state index in [1.54, 1.807) is 6.92 Å². The SMILES string of the molecule is CCOc1ccc(C(F)(F)F)cc1C(=O)OC. The van der Waals surface area contributed by atoms with Gasteiger partial charge in [0.1, 0.15) is 11.3 Å². The second kappa shape index (κ2) is 5.07. The van der Waals surface area contributed by atoms with Crippen LogP contribution in [0.4, 0.5) is 13.2 Å². The largest absolute Gasteiger partial charge is 0.493 e. The highest BCUT2D eigenvalue weighted by Gasteiger charge is 2.32. The van der Waals surface area contributed by atoms with Crippen LogP contribution in [-0.4, -0.2) is 19.7 Å². The number of methoxy groups -OCH3 is 1. The van der Waals surface area contributed by atoms with Crippen molar-refractivity contribution in [2.45, 2.75) is 13.1 Å². The van der Waals surface area contributed by atoms with E-state index in [1.807, 2.05) is 0 Å². The average molecular weight is 248 g/mol. The Morgan fingerprint density at radius 1 is 1.35 bits per heavy atom. The normalized spacial score (nSPS) is 11.1.